The lowest BCUT2D eigenvalue weighted by atomic mass is 10.0. The van der Waals surface area contributed by atoms with E-state index in [2.05, 4.69) is 10.3 Å². The Bertz CT molecular complexity index is 1440. The van der Waals surface area contributed by atoms with Crippen molar-refractivity contribution in [3.05, 3.63) is 38.7 Å². The largest absolute Gasteiger partial charge is 0.495 e. The number of ether oxygens (including phenoxy) is 3. The molecule has 1 saturated heterocycles. The SMILES string of the molecule is CC.COc1cc(OC)c(Cl)c(-c2cc3cnc(NCC4CC4)nc3n(CCOC3CCN(C(C)=O)CC3)c2=O)c1Cl. The number of halogens is 2. The smallest absolute Gasteiger partial charge is 0.260 e. The number of carbonyl (C=O) groups excluding carboxylic acids is 1. The van der Waals surface area contributed by atoms with Crippen molar-refractivity contribution in [2.45, 2.75) is 59.1 Å². The van der Waals surface area contributed by atoms with Crippen LogP contribution < -0.4 is 20.3 Å². The quantitative estimate of drug-likeness (QED) is 0.310. The van der Waals surface area contributed by atoms with Gasteiger partial charge in [-0.3, -0.25) is 14.2 Å². The molecule has 0 unspecified atom stereocenters. The summed E-state index contributed by atoms with van der Waals surface area (Å²) in [6.45, 7) is 8.25. The summed E-state index contributed by atoms with van der Waals surface area (Å²) in [4.78, 5) is 36.7. The summed E-state index contributed by atoms with van der Waals surface area (Å²) in [5.74, 6) is 1.85. The second-order valence-electron chi connectivity index (χ2n) is 10.2. The molecule has 0 radical (unpaired) electrons. The van der Waals surface area contributed by atoms with Crippen molar-refractivity contribution < 1.29 is 19.0 Å². The van der Waals surface area contributed by atoms with Gasteiger partial charge in [-0.15, -0.1) is 0 Å². The Hall–Kier alpha value is -3.08. The number of fused-ring (bicyclic) bond motifs is 1. The molecule has 2 fully saturated rings. The fourth-order valence-electron chi connectivity index (χ4n) is 4.96. The minimum Gasteiger partial charge on any atom is -0.495 e. The molecule has 2 aromatic heterocycles. The number of amides is 1. The minimum absolute atomic E-state index is 0.0117. The molecule has 0 bridgehead atoms. The molecule has 1 aromatic carbocycles. The first-order chi connectivity index (χ1) is 20.3. The van der Waals surface area contributed by atoms with Gasteiger partial charge in [-0.25, -0.2) is 4.98 Å². The van der Waals surface area contributed by atoms with Crippen molar-refractivity contribution in [2.24, 2.45) is 5.92 Å². The monoisotopic (exact) mass is 619 g/mol. The highest BCUT2D eigenvalue weighted by Crippen LogP contribution is 2.45. The molecular weight excluding hydrogens is 581 g/mol. The number of nitrogens with one attached hydrogen (secondary N) is 1. The molecule has 0 spiro atoms. The fraction of sp³-hybridized carbons (Fsp3) is 0.533. The average Bonchev–Trinajstić information content (AvgIpc) is 3.84. The average molecular weight is 621 g/mol. The van der Waals surface area contributed by atoms with E-state index in [1.807, 2.05) is 18.7 Å². The number of hydrogen-bond acceptors (Lipinski definition) is 8. The number of aromatic nitrogens is 3. The number of piperidine rings is 1. The number of likely N-dealkylation sites (tertiary alicyclic amines) is 1. The highest BCUT2D eigenvalue weighted by atomic mass is 35.5. The number of benzene rings is 1. The standard InChI is InChI=1S/C28H33Cl2N5O5.C2H6/c1-16(36)34-8-6-19(7-9-34)40-11-10-35-26-18(15-32-28(33-26)31-14-17-4-5-17)12-20(27(35)37)23-24(29)21(38-2)13-22(39-3)25(23)30;1-2/h12-13,15,17,19H,4-11,14H2,1-3H3,(H,31,32,33);1-2H3. The maximum Gasteiger partial charge on any atom is 0.260 e. The zero-order valence-corrected chi connectivity index (χ0v) is 26.3. The summed E-state index contributed by atoms with van der Waals surface area (Å²) in [6, 6.07) is 3.28. The fourth-order valence-corrected chi connectivity index (χ4v) is 5.66. The predicted octanol–water partition coefficient (Wildman–Crippen LogP) is 5.66. The molecule has 5 rings (SSSR count). The van der Waals surface area contributed by atoms with Gasteiger partial charge in [0, 0.05) is 49.8 Å². The molecule has 3 aromatic rings. The van der Waals surface area contributed by atoms with Crippen molar-refractivity contribution in [1.82, 2.24) is 19.4 Å². The van der Waals surface area contributed by atoms with E-state index in [0.29, 0.717) is 59.7 Å². The molecule has 1 aliphatic carbocycles. The molecule has 3 heterocycles. The third-order valence-electron chi connectivity index (χ3n) is 7.47. The van der Waals surface area contributed by atoms with E-state index >= 15 is 0 Å². The van der Waals surface area contributed by atoms with Crippen molar-refractivity contribution in [1.29, 1.82) is 0 Å². The highest BCUT2D eigenvalue weighted by molar-refractivity contribution is 6.41. The number of rotatable bonds is 10. The molecule has 1 saturated carbocycles. The molecule has 10 nitrogen and oxygen atoms in total. The topological polar surface area (TPSA) is 108 Å². The van der Waals surface area contributed by atoms with Crippen LogP contribution in [0.3, 0.4) is 0 Å². The molecule has 1 amide bonds. The van der Waals surface area contributed by atoms with Gasteiger partial charge >= 0.3 is 0 Å². The van der Waals surface area contributed by atoms with Gasteiger partial charge < -0.3 is 24.4 Å². The van der Waals surface area contributed by atoms with Gasteiger partial charge in [0.05, 0.1) is 49.1 Å². The van der Waals surface area contributed by atoms with Crippen LogP contribution >= 0.6 is 23.2 Å². The van der Waals surface area contributed by atoms with Gasteiger partial charge in [-0.2, -0.15) is 4.98 Å². The van der Waals surface area contributed by atoms with Crippen LogP contribution in [0.15, 0.2) is 23.1 Å². The number of anilines is 1. The summed E-state index contributed by atoms with van der Waals surface area (Å²) < 4.78 is 18.6. The molecule has 228 valence electrons. The Labute approximate surface area is 256 Å². The number of nitrogens with zero attached hydrogens (tertiary/aromatic N) is 4. The van der Waals surface area contributed by atoms with Gasteiger partial charge in [0.15, 0.2) is 0 Å². The van der Waals surface area contributed by atoms with Crippen molar-refractivity contribution in [2.75, 3.05) is 45.8 Å². The van der Waals surface area contributed by atoms with E-state index in [1.165, 1.54) is 27.1 Å². The van der Waals surface area contributed by atoms with Crippen LogP contribution in [0.25, 0.3) is 22.2 Å². The number of methoxy groups -OCH3 is 2. The third kappa shape index (κ3) is 7.10. The lowest BCUT2D eigenvalue weighted by molar-refractivity contribution is -0.131. The molecule has 42 heavy (non-hydrogen) atoms. The Morgan fingerprint density at radius 1 is 1.05 bits per heavy atom. The zero-order valence-electron chi connectivity index (χ0n) is 24.8. The third-order valence-corrected chi connectivity index (χ3v) is 8.22. The minimum atomic E-state index is -0.326. The van der Waals surface area contributed by atoms with E-state index in [9.17, 15) is 9.59 Å². The number of hydrogen-bond donors (Lipinski definition) is 1. The van der Waals surface area contributed by atoms with E-state index < -0.39 is 0 Å². The Balaban J connectivity index is 0.00000198. The Morgan fingerprint density at radius 2 is 1.69 bits per heavy atom. The molecule has 1 aliphatic heterocycles. The van der Waals surface area contributed by atoms with Crippen molar-refractivity contribution >= 4 is 46.1 Å². The van der Waals surface area contributed by atoms with E-state index in [-0.39, 0.29) is 39.7 Å². The molecule has 12 heteroatoms. The molecule has 0 atom stereocenters. The summed E-state index contributed by atoms with van der Waals surface area (Å²) in [6.07, 6.45) is 5.60. The maximum atomic E-state index is 14.1. The van der Waals surface area contributed by atoms with Crippen LogP contribution in [0.4, 0.5) is 5.95 Å². The lowest BCUT2D eigenvalue weighted by Gasteiger charge is -2.31. The summed E-state index contributed by atoms with van der Waals surface area (Å²) in [5.41, 5.74) is 0.748. The Morgan fingerprint density at radius 3 is 2.26 bits per heavy atom. The predicted molar refractivity (Wildman–Crippen MR) is 166 cm³/mol. The van der Waals surface area contributed by atoms with Crippen LogP contribution in [0.1, 0.15) is 46.5 Å². The second kappa shape index (κ2) is 14.4. The van der Waals surface area contributed by atoms with Gasteiger partial charge in [0.1, 0.15) is 17.1 Å². The molecule has 1 N–H and O–H groups in total. The zero-order chi connectivity index (χ0) is 30.4. The van der Waals surface area contributed by atoms with E-state index in [4.69, 9.17) is 42.4 Å². The van der Waals surface area contributed by atoms with Crippen LogP contribution in [0.2, 0.25) is 10.0 Å². The van der Waals surface area contributed by atoms with Crippen LogP contribution in [-0.2, 0) is 16.1 Å². The normalized spacial score (nSPS) is 15.3. The highest BCUT2D eigenvalue weighted by Gasteiger charge is 2.25. The first kappa shape index (κ1) is 31.8. The summed E-state index contributed by atoms with van der Waals surface area (Å²) in [7, 11) is 2.97. The molecular formula is C30H39Cl2N5O5. The number of carbonyl (C=O) groups is 1. The van der Waals surface area contributed by atoms with E-state index in [0.717, 1.165) is 19.4 Å². The summed E-state index contributed by atoms with van der Waals surface area (Å²) >= 11 is 13.4. The first-order valence-electron chi connectivity index (χ1n) is 14.4. The van der Waals surface area contributed by atoms with Crippen LogP contribution in [0, 0.1) is 5.92 Å². The second-order valence-corrected chi connectivity index (χ2v) is 10.9. The van der Waals surface area contributed by atoms with Gasteiger partial charge in [0.25, 0.3) is 5.56 Å². The van der Waals surface area contributed by atoms with Gasteiger partial charge in [-0.05, 0) is 37.7 Å². The van der Waals surface area contributed by atoms with E-state index in [1.54, 1.807) is 29.8 Å². The molecule has 2 aliphatic rings. The Kier molecular flexibility index (Phi) is 10.9. The number of pyridine rings is 1. The first-order valence-corrected chi connectivity index (χ1v) is 15.2. The van der Waals surface area contributed by atoms with Crippen molar-refractivity contribution in [3.63, 3.8) is 0 Å². The lowest BCUT2D eigenvalue weighted by Crippen LogP contribution is -2.40. The van der Waals surface area contributed by atoms with Gasteiger partial charge in [-0.1, -0.05) is 37.0 Å². The van der Waals surface area contributed by atoms with Crippen molar-refractivity contribution in [3.8, 4) is 22.6 Å². The maximum absolute atomic E-state index is 14.1. The van der Waals surface area contributed by atoms with Crippen LogP contribution in [0.5, 0.6) is 11.5 Å². The van der Waals surface area contributed by atoms with Gasteiger partial charge in [0.2, 0.25) is 11.9 Å². The summed E-state index contributed by atoms with van der Waals surface area (Å²) in [5, 5.41) is 4.34. The van der Waals surface area contributed by atoms with Crippen LogP contribution in [-0.4, -0.2) is 71.9 Å².